The number of aryl methyl sites for hydroxylation is 1. The second-order valence-electron chi connectivity index (χ2n) is 6.18. The second-order valence-corrected chi connectivity index (χ2v) is 6.18. The summed E-state index contributed by atoms with van der Waals surface area (Å²) >= 11 is 0. The molecule has 1 saturated heterocycles. The zero-order chi connectivity index (χ0) is 13.1. The Hall–Kier alpha value is -0.960. The zero-order valence-corrected chi connectivity index (χ0v) is 12.0. The Bertz CT molecular complexity index is 418. The van der Waals surface area contributed by atoms with Crippen LogP contribution in [0.1, 0.15) is 68.1 Å². The van der Waals surface area contributed by atoms with Gasteiger partial charge in [0.05, 0.1) is 0 Å². The van der Waals surface area contributed by atoms with Gasteiger partial charge in [0.1, 0.15) is 5.82 Å². The molecule has 2 aliphatic rings. The summed E-state index contributed by atoms with van der Waals surface area (Å²) in [5.74, 6) is 1.74. The van der Waals surface area contributed by atoms with Crippen molar-refractivity contribution in [1.29, 1.82) is 0 Å². The van der Waals surface area contributed by atoms with E-state index in [2.05, 4.69) is 23.3 Å². The largest absolute Gasteiger partial charge is 0.314 e. The van der Waals surface area contributed by atoms with Gasteiger partial charge in [-0.3, -0.25) is 0 Å². The Balaban J connectivity index is 1.74. The van der Waals surface area contributed by atoms with Crippen LogP contribution in [0.25, 0.3) is 0 Å². The monoisotopic (exact) mass is 259 g/mol. The molecule has 0 amide bonds. The van der Waals surface area contributed by atoms with Crippen LogP contribution in [0.3, 0.4) is 0 Å². The third-order valence-corrected chi connectivity index (χ3v) is 4.54. The fourth-order valence-corrected chi connectivity index (χ4v) is 3.51. The van der Waals surface area contributed by atoms with E-state index >= 15 is 0 Å². The van der Waals surface area contributed by atoms with Crippen molar-refractivity contribution in [1.82, 2.24) is 15.3 Å². The SMILES string of the molecule is Cc1cc(C2CCCCC2)nc(CC2CCCN2)n1. The van der Waals surface area contributed by atoms with Crippen LogP contribution in [0.2, 0.25) is 0 Å². The molecule has 0 bridgehead atoms. The van der Waals surface area contributed by atoms with Gasteiger partial charge in [-0.15, -0.1) is 0 Å². The lowest BCUT2D eigenvalue weighted by molar-refractivity contribution is 0.434. The molecule has 0 radical (unpaired) electrons. The smallest absolute Gasteiger partial charge is 0.130 e. The molecule has 2 heterocycles. The van der Waals surface area contributed by atoms with Gasteiger partial charge in [-0.05, 0) is 45.2 Å². The molecule has 3 heteroatoms. The molecule has 0 spiro atoms. The highest BCUT2D eigenvalue weighted by molar-refractivity contribution is 5.15. The van der Waals surface area contributed by atoms with Crippen molar-refractivity contribution in [3.8, 4) is 0 Å². The molecule has 3 rings (SSSR count). The summed E-state index contributed by atoms with van der Waals surface area (Å²) in [6.07, 6.45) is 10.3. The lowest BCUT2D eigenvalue weighted by Gasteiger charge is -2.22. The van der Waals surface area contributed by atoms with Gasteiger partial charge >= 0.3 is 0 Å². The maximum atomic E-state index is 4.87. The Kier molecular flexibility index (Phi) is 4.12. The first-order chi connectivity index (χ1) is 9.31. The molecule has 1 N–H and O–H groups in total. The molecule has 1 saturated carbocycles. The number of aromatic nitrogens is 2. The van der Waals surface area contributed by atoms with Crippen molar-refractivity contribution >= 4 is 0 Å². The molecule has 1 unspecified atom stereocenters. The quantitative estimate of drug-likeness (QED) is 0.906. The number of nitrogens with zero attached hydrogens (tertiary/aromatic N) is 2. The summed E-state index contributed by atoms with van der Waals surface area (Å²) in [5, 5.41) is 3.54. The van der Waals surface area contributed by atoms with Gasteiger partial charge in [0.2, 0.25) is 0 Å². The molecule has 1 aliphatic carbocycles. The van der Waals surface area contributed by atoms with Gasteiger partial charge in [-0.1, -0.05) is 19.3 Å². The van der Waals surface area contributed by atoms with E-state index in [0.717, 1.165) is 24.5 Å². The number of rotatable bonds is 3. The number of hydrogen-bond donors (Lipinski definition) is 1. The molecule has 2 fully saturated rings. The lowest BCUT2D eigenvalue weighted by atomic mass is 9.86. The summed E-state index contributed by atoms with van der Waals surface area (Å²) in [4.78, 5) is 9.51. The summed E-state index contributed by atoms with van der Waals surface area (Å²) in [5.41, 5.74) is 2.45. The molecule has 0 aromatic carbocycles. The minimum Gasteiger partial charge on any atom is -0.314 e. The Morgan fingerprint density at radius 1 is 1.11 bits per heavy atom. The Morgan fingerprint density at radius 3 is 2.68 bits per heavy atom. The summed E-state index contributed by atoms with van der Waals surface area (Å²) in [6, 6.07) is 2.81. The van der Waals surface area contributed by atoms with E-state index in [4.69, 9.17) is 4.98 Å². The standard InChI is InChI=1S/C16H25N3/c1-12-10-15(13-6-3-2-4-7-13)19-16(18-12)11-14-8-5-9-17-14/h10,13-14,17H,2-9,11H2,1H3. The minimum absolute atomic E-state index is 0.598. The van der Waals surface area contributed by atoms with Gasteiger partial charge in [0.15, 0.2) is 0 Å². The molecule has 3 nitrogen and oxygen atoms in total. The van der Waals surface area contributed by atoms with Crippen LogP contribution in [-0.4, -0.2) is 22.6 Å². The second kappa shape index (κ2) is 6.00. The summed E-state index contributed by atoms with van der Waals surface area (Å²) in [7, 11) is 0. The highest BCUT2D eigenvalue weighted by Gasteiger charge is 2.20. The van der Waals surface area contributed by atoms with E-state index < -0.39 is 0 Å². The first kappa shape index (κ1) is 13.0. The predicted octanol–water partition coefficient (Wildman–Crippen LogP) is 3.13. The average molecular weight is 259 g/mol. The van der Waals surface area contributed by atoms with Gasteiger partial charge in [0, 0.05) is 29.8 Å². The number of nitrogens with one attached hydrogen (secondary N) is 1. The molecule has 19 heavy (non-hydrogen) atoms. The van der Waals surface area contributed by atoms with Crippen molar-refractivity contribution < 1.29 is 0 Å². The lowest BCUT2D eigenvalue weighted by Crippen LogP contribution is -2.25. The van der Waals surface area contributed by atoms with Crippen LogP contribution in [0.5, 0.6) is 0 Å². The van der Waals surface area contributed by atoms with Crippen molar-refractivity contribution in [2.24, 2.45) is 0 Å². The Morgan fingerprint density at radius 2 is 1.95 bits per heavy atom. The van der Waals surface area contributed by atoms with Crippen LogP contribution in [0, 0.1) is 6.92 Å². The number of hydrogen-bond acceptors (Lipinski definition) is 3. The van der Waals surface area contributed by atoms with Crippen LogP contribution in [0.4, 0.5) is 0 Å². The summed E-state index contributed by atoms with van der Waals surface area (Å²) in [6.45, 7) is 3.27. The summed E-state index contributed by atoms with van der Waals surface area (Å²) < 4.78 is 0. The maximum Gasteiger partial charge on any atom is 0.130 e. The molecule has 1 aromatic heterocycles. The third kappa shape index (κ3) is 3.33. The van der Waals surface area contributed by atoms with Crippen LogP contribution >= 0.6 is 0 Å². The molecule has 1 atom stereocenters. The van der Waals surface area contributed by atoms with Crippen LogP contribution in [0.15, 0.2) is 6.07 Å². The van der Waals surface area contributed by atoms with Crippen molar-refractivity contribution in [3.63, 3.8) is 0 Å². The van der Waals surface area contributed by atoms with E-state index in [1.807, 2.05) is 0 Å². The zero-order valence-electron chi connectivity index (χ0n) is 12.0. The van der Waals surface area contributed by atoms with E-state index in [9.17, 15) is 0 Å². The topological polar surface area (TPSA) is 37.8 Å². The van der Waals surface area contributed by atoms with E-state index in [-0.39, 0.29) is 0 Å². The van der Waals surface area contributed by atoms with Gasteiger partial charge in [-0.2, -0.15) is 0 Å². The molecule has 104 valence electrons. The average Bonchev–Trinajstić information content (AvgIpc) is 2.92. The third-order valence-electron chi connectivity index (χ3n) is 4.54. The Labute approximate surface area is 116 Å². The van der Waals surface area contributed by atoms with Crippen molar-refractivity contribution in [2.45, 2.75) is 70.3 Å². The van der Waals surface area contributed by atoms with E-state index in [1.54, 1.807) is 0 Å². The van der Waals surface area contributed by atoms with Crippen LogP contribution < -0.4 is 5.32 Å². The highest BCUT2D eigenvalue weighted by Crippen LogP contribution is 2.31. The first-order valence-electron chi connectivity index (χ1n) is 7.89. The molecule has 1 aromatic rings. The fourth-order valence-electron chi connectivity index (χ4n) is 3.51. The van der Waals surface area contributed by atoms with Crippen LogP contribution in [-0.2, 0) is 6.42 Å². The predicted molar refractivity (Wildman–Crippen MR) is 77.3 cm³/mol. The minimum atomic E-state index is 0.598. The normalized spacial score (nSPS) is 24.8. The first-order valence-corrected chi connectivity index (χ1v) is 7.89. The van der Waals surface area contributed by atoms with Gasteiger partial charge in [0.25, 0.3) is 0 Å². The van der Waals surface area contributed by atoms with Crippen molar-refractivity contribution in [2.75, 3.05) is 6.54 Å². The van der Waals surface area contributed by atoms with Crippen molar-refractivity contribution in [3.05, 3.63) is 23.3 Å². The molecular weight excluding hydrogens is 234 g/mol. The highest BCUT2D eigenvalue weighted by atomic mass is 15.0. The maximum absolute atomic E-state index is 4.87. The van der Waals surface area contributed by atoms with E-state index in [0.29, 0.717) is 12.0 Å². The van der Waals surface area contributed by atoms with Gasteiger partial charge < -0.3 is 5.32 Å². The fraction of sp³-hybridized carbons (Fsp3) is 0.750. The van der Waals surface area contributed by atoms with Gasteiger partial charge in [-0.25, -0.2) is 9.97 Å². The molecular formula is C16H25N3. The molecule has 1 aliphatic heterocycles. The van der Waals surface area contributed by atoms with E-state index in [1.165, 1.54) is 50.6 Å².